The van der Waals surface area contributed by atoms with Crippen LogP contribution in [0.1, 0.15) is 22.6 Å². The highest BCUT2D eigenvalue weighted by molar-refractivity contribution is 7.99. The molecule has 0 unspecified atom stereocenters. The molecule has 3 aromatic rings. The molecule has 130 valence electrons. The van der Waals surface area contributed by atoms with Crippen molar-refractivity contribution in [2.24, 2.45) is 5.73 Å². The Labute approximate surface area is 155 Å². The van der Waals surface area contributed by atoms with Gasteiger partial charge in [0.2, 0.25) is 0 Å². The molecule has 25 heavy (non-hydrogen) atoms. The molecule has 0 aliphatic carbocycles. The fourth-order valence-corrected chi connectivity index (χ4v) is 4.04. The Bertz CT molecular complexity index is 892. The largest absolute Gasteiger partial charge is 0.392 e. The van der Waals surface area contributed by atoms with Gasteiger partial charge in [-0.3, -0.25) is 0 Å². The molecule has 1 aromatic carbocycles. The van der Waals surface area contributed by atoms with Gasteiger partial charge in [0.1, 0.15) is 10.8 Å². The second kappa shape index (κ2) is 7.58. The fraction of sp³-hybridized carbons (Fsp3) is 0.222. The molecule has 0 spiro atoms. The van der Waals surface area contributed by atoms with E-state index in [1.807, 2.05) is 32.0 Å². The highest BCUT2D eigenvalue weighted by Crippen LogP contribution is 2.40. The monoisotopic (exact) mass is 375 g/mol. The number of nitrogens with zero attached hydrogens (tertiary/aromatic N) is 2. The van der Waals surface area contributed by atoms with Crippen molar-refractivity contribution >= 4 is 23.4 Å². The van der Waals surface area contributed by atoms with Crippen LogP contribution in [0.2, 0.25) is 5.02 Å². The molecule has 0 aliphatic heterocycles. The lowest BCUT2D eigenvalue weighted by Crippen LogP contribution is -2.01. The zero-order chi connectivity index (χ0) is 18.0. The van der Waals surface area contributed by atoms with Crippen molar-refractivity contribution in [1.82, 2.24) is 10.1 Å². The summed E-state index contributed by atoms with van der Waals surface area (Å²) in [6.07, 6.45) is 1.69. The van der Waals surface area contributed by atoms with Crippen molar-refractivity contribution in [1.29, 1.82) is 0 Å². The van der Waals surface area contributed by atoms with Crippen molar-refractivity contribution in [2.75, 3.05) is 0 Å². The van der Waals surface area contributed by atoms with Crippen LogP contribution >= 0.6 is 23.4 Å². The highest BCUT2D eigenvalue weighted by Gasteiger charge is 2.17. The van der Waals surface area contributed by atoms with Crippen molar-refractivity contribution in [2.45, 2.75) is 36.9 Å². The number of rotatable bonds is 5. The van der Waals surface area contributed by atoms with E-state index in [-0.39, 0.29) is 6.61 Å². The standard InChI is InChI=1S/C18H18ClN3O2S/c1-10-16(11(2)24-22-10)13-6-14(8-20)17(15(19)7-13)25-18-12(9-23)4-3-5-21-18/h3-7,23H,8-9,20H2,1-2H3. The number of pyridine rings is 1. The predicted molar refractivity (Wildman–Crippen MR) is 98.6 cm³/mol. The first kappa shape index (κ1) is 17.9. The van der Waals surface area contributed by atoms with Gasteiger partial charge in [-0.25, -0.2) is 4.98 Å². The summed E-state index contributed by atoms with van der Waals surface area (Å²) in [4.78, 5) is 5.18. The first-order valence-corrected chi connectivity index (χ1v) is 8.93. The highest BCUT2D eigenvalue weighted by atomic mass is 35.5. The van der Waals surface area contributed by atoms with E-state index in [1.54, 1.807) is 12.3 Å². The molecule has 0 amide bonds. The molecule has 0 saturated carbocycles. The minimum absolute atomic E-state index is 0.0804. The van der Waals surface area contributed by atoms with E-state index in [0.717, 1.165) is 38.6 Å². The molecule has 0 bridgehead atoms. The van der Waals surface area contributed by atoms with E-state index >= 15 is 0 Å². The molecule has 0 radical (unpaired) electrons. The average molecular weight is 376 g/mol. The lowest BCUT2D eigenvalue weighted by atomic mass is 10.0. The van der Waals surface area contributed by atoms with Crippen LogP contribution in [0, 0.1) is 13.8 Å². The summed E-state index contributed by atoms with van der Waals surface area (Å²) in [7, 11) is 0. The summed E-state index contributed by atoms with van der Waals surface area (Å²) in [5, 5.41) is 14.8. The van der Waals surface area contributed by atoms with Crippen LogP contribution in [0.15, 0.2) is 44.9 Å². The van der Waals surface area contributed by atoms with E-state index < -0.39 is 0 Å². The van der Waals surface area contributed by atoms with Crippen LogP contribution in [0.4, 0.5) is 0 Å². The minimum Gasteiger partial charge on any atom is -0.392 e. The number of aliphatic hydroxyl groups is 1. The quantitative estimate of drug-likeness (QED) is 0.698. The van der Waals surface area contributed by atoms with Gasteiger partial charge in [-0.05, 0) is 43.2 Å². The second-order valence-electron chi connectivity index (χ2n) is 5.58. The zero-order valence-electron chi connectivity index (χ0n) is 13.9. The summed E-state index contributed by atoms with van der Waals surface area (Å²) in [5.41, 5.74) is 10.3. The van der Waals surface area contributed by atoms with Gasteiger partial charge in [-0.1, -0.05) is 34.6 Å². The second-order valence-corrected chi connectivity index (χ2v) is 6.98. The van der Waals surface area contributed by atoms with Gasteiger partial charge in [0.05, 0.1) is 17.3 Å². The molecule has 3 N–H and O–H groups in total. The SMILES string of the molecule is Cc1noc(C)c1-c1cc(Cl)c(Sc2ncccc2CO)c(CN)c1. The van der Waals surface area contributed by atoms with Crippen molar-refractivity contribution in [3.05, 3.63) is 58.1 Å². The van der Waals surface area contributed by atoms with Gasteiger partial charge >= 0.3 is 0 Å². The molecular weight excluding hydrogens is 358 g/mol. The lowest BCUT2D eigenvalue weighted by Gasteiger charge is -2.13. The van der Waals surface area contributed by atoms with Gasteiger partial charge in [-0.2, -0.15) is 0 Å². The van der Waals surface area contributed by atoms with Crippen LogP contribution < -0.4 is 5.73 Å². The number of nitrogens with two attached hydrogens (primary N) is 1. The van der Waals surface area contributed by atoms with E-state index in [9.17, 15) is 5.11 Å². The summed E-state index contributed by atoms with van der Waals surface area (Å²) >= 11 is 7.97. The predicted octanol–water partition coefficient (Wildman–Crippen LogP) is 4.11. The number of benzene rings is 1. The molecule has 0 saturated heterocycles. The van der Waals surface area contributed by atoms with E-state index in [4.69, 9.17) is 21.9 Å². The van der Waals surface area contributed by atoms with Gasteiger partial charge in [0, 0.05) is 28.8 Å². The molecular formula is C18H18ClN3O2S. The number of hydrogen-bond donors (Lipinski definition) is 2. The van der Waals surface area contributed by atoms with E-state index in [1.165, 1.54) is 11.8 Å². The van der Waals surface area contributed by atoms with Crippen molar-refractivity contribution in [3.63, 3.8) is 0 Å². The lowest BCUT2D eigenvalue weighted by molar-refractivity contribution is 0.278. The van der Waals surface area contributed by atoms with Crippen LogP contribution in [0.25, 0.3) is 11.1 Å². The molecule has 0 atom stereocenters. The van der Waals surface area contributed by atoms with Gasteiger partial charge in [0.15, 0.2) is 0 Å². The Morgan fingerprint density at radius 3 is 2.72 bits per heavy atom. The van der Waals surface area contributed by atoms with E-state index in [2.05, 4.69) is 10.1 Å². The Kier molecular flexibility index (Phi) is 5.44. The smallest absolute Gasteiger partial charge is 0.141 e. The third-order valence-electron chi connectivity index (χ3n) is 3.88. The molecule has 2 aromatic heterocycles. The Morgan fingerprint density at radius 2 is 2.08 bits per heavy atom. The first-order chi connectivity index (χ1) is 12.0. The maximum atomic E-state index is 9.49. The number of halogens is 1. The molecule has 7 heteroatoms. The Hall–Kier alpha value is -1.86. The topological polar surface area (TPSA) is 85.2 Å². The Morgan fingerprint density at radius 1 is 1.28 bits per heavy atom. The summed E-state index contributed by atoms with van der Waals surface area (Å²) in [5.74, 6) is 0.740. The Balaban J connectivity index is 2.07. The fourth-order valence-electron chi connectivity index (χ4n) is 2.69. The summed E-state index contributed by atoms with van der Waals surface area (Å²) < 4.78 is 5.25. The normalized spacial score (nSPS) is 11.1. The van der Waals surface area contributed by atoms with Crippen LogP contribution in [0.3, 0.4) is 0 Å². The number of aliphatic hydroxyl groups excluding tert-OH is 1. The molecule has 5 nitrogen and oxygen atoms in total. The average Bonchev–Trinajstić information content (AvgIpc) is 2.95. The van der Waals surface area contributed by atoms with Crippen molar-refractivity contribution < 1.29 is 9.63 Å². The van der Waals surface area contributed by atoms with Crippen LogP contribution in [-0.4, -0.2) is 15.2 Å². The maximum Gasteiger partial charge on any atom is 0.141 e. The third-order valence-corrected chi connectivity index (χ3v) is 5.54. The van der Waals surface area contributed by atoms with Crippen LogP contribution in [-0.2, 0) is 13.2 Å². The molecule has 3 rings (SSSR count). The summed E-state index contributed by atoms with van der Waals surface area (Å²) in [6.45, 7) is 4.02. The molecule has 2 heterocycles. The van der Waals surface area contributed by atoms with Gasteiger partial charge in [-0.15, -0.1) is 0 Å². The summed E-state index contributed by atoms with van der Waals surface area (Å²) in [6, 6.07) is 7.52. The molecule has 0 aliphatic rings. The van der Waals surface area contributed by atoms with Crippen LogP contribution in [0.5, 0.6) is 0 Å². The van der Waals surface area contributed by atoms with Gasteiger partial charge in [0.25, 0.3) is 0 Å². The first-order valence-electron chi connectivity index (χ1n) is 7.73. The number of hydrogen-bond acceptors (Lipinski definition) is 6. The zero-order valence-corrected chi connectivity index (χ0v) is 15.5. The van der Waals surface area contributed by atoms with Crippen molar-refractivity contribution in [3.8, 4) is 11.1 Å². The van der Waals surface area contributed by atoms with Gasteiger partial charge < -0.3 is 15.4 Å². The third kappa shape index (κ3) is 3.57. The molecule has 0 fully saturated rings. The number of aromatic nitrogens is 2. The van der Waals surface area contributed by atoms with E-state index in [0.29, 0.717) is 16.6 Å². The number of aryl methyl sites for hydroxylation is 2. The maximum absolute atomic E-state index is 9.49. The minimum atomic E-state index is -0.0804.